The highest BCUT2D eigenvalue weighted by molar-refractivity contribution is 6.63. The summed E-state index contributed by atoms with van der Waals surface area (Å²) in [6.07, 6.45) is -0.0235. The van der Waals surface area contributed by atoms with E-state index in [9.17, 15) is 4.79 Å². The number of carbonyl (C=O) groups excluding carboxylic acids is 1. The lowest BCUT2D eigenvalue weighted by Gasteiger charge is -2.32. The molecule has 1 fully saturated rings. The minimum Gasteiger partial charge on any atom is -0.491 e. The molecular formula is C19H30BNO4. The predicted molar refractivity (Wildman–Crippen MR) is 101 cm³/mol. The molecule has 0 aromatic heterocycles. The molecule has 138 valence electrons. The van der Waals surface area contributed by atoms with Crippen LogP contribution in [0.5, 0.6) is 5.75 Å². The molecule has 0 saturated carbocycles. The second kappa shape index (κ2) is 7.00. The van der Waals surface area contributed by atoms with Crippen LogP contribution in [-0.4, -0.2) is 36.4 Å². The second-order valence-corrected chi connectivity index (χ2v) is 8.14. The zero-order valence-corrected chi connectivity index (χ0v) is 16.6. The highest BCUT2D eigenvalue weighted by Crippen LogP contribution is 2.37. The lowest BCUT2D eigenvalue weighted by Crippen LogP contribution is -2.41. The summed E-state index contributed by atoms with van der Waals surface area (Å²) < 4.78 is 18.2. The lowest BCUT2D eigenvalue weighted by molar-refractivity contribution is 0.00578. The van der Waals surface area contributed by atoms with Crippen molar-refractivity contribution in [1.29, 1.82) is 0 Å². The standard InChI is InChI=1S/C19H30BNO4/c1-12(2)21-17(22)14-9-10-15(16(11-14)23-13(3)4)20-24-18(5,6)19(7,8)25-20/h9-13H,1-8H3,(H,21,22). The van der Waals surface area contributed by atoms with E-state index in [1.54, 1.807) is 12.1 Å². The molecule has 6 heteroatoms. The van der Waals surface area contributed by atoms with Crippen LogP contribution in [0.2, 0.25) is 0 Å². The average molecular weight is 347 g/mol. The molecule has 0 unspecified atom stereocenters. The highest BCUT2D eigenvalue weighted by Gasteiger charge is 2.52. The normalized spacial score (nSPS) is 18.7. The Kier molecular flexibility index (Phi) is 5.54. The van der Waals surface area contributed by atoms with Crippen molar-refractivity contribution in [3.63, 3.8) is 0 Å². The second-order valence-electron chi connectivity index (χ2n) is 8.14. The van der Waals surface area contributed by atoms with Crippen molar-refractivity contribution >= 4 is 18.5 Å². The van der Waals surface area contributed by atoms with Gasteiger partial charge in [-0.25, -0.2) is 0 Å². The van der Waals surface area contributed by atoms with Crippen LogP contribution >= 0.6 is 0 Å². The zero-order valence-electron chi connectivity index (χ0n) is 16.6. The van der Waals surface area contributed by atoms with E-state index in [2.05, 4.69) is 5.32 Å². The Hall–Kier alpha value is -1.53. The Morgan fingerprint density at radius 3 is 2.12 bits per heavy atom. The molecule has 0 bridgehead atoms. The third-order valence-corrected chi connectivity index (χ3v) is 4.57. The molecule has 1 saturated heterocycles. The van der Waals surface area contributed by atoms with Crippen LogP contribution in [0.25, 0.3) is 0 Å². The van der Waals surface area contributed by atoms with Crippen molar-refractivity contribution in [3.05, 3.63) is 23.8 Å². The van der Waals surface area contributed by atoms with Gasteiger partial charge < -0.3 is 19.4 Å². The molecule has 25 heavy (non-hydrogen) atoms. The summed E-state index contributed by atoms with van der Waals surface area (Å²) in [7, 11) is -0.527. The van der Waals surface area contributed by atoms with Gasteiger partial charge in [0.25, 0.3) is 5.91 Å². The Balaban J connectivity index is 2.36. The number of rotatable bonds is 5. The third kappa shape index (κ3) is 4.36. The summed E-state index contributed by atoms with van der Waals surface area (Å²) in [5.74, 6) is 0.494. The van der Waals surface area contributed by atoms with Crippen molar-refractivity contribution in [1.82, 2.24) is 5.32 Å². The molecule has 1 aliphatic rings. The molecule has 1 aromatic rings. The van der Waals surface area contributed by atoms with E-state index in [-0.39, 0.29) is 18.1 Å². The fourth-order valence-electron chi connectivity index (χ4n) is 2.54. The maximum Gasteiger partial charge on any atom is 0.498 e. The number of ether oxygens (including phenoxy) is 1. The number of amides is 1. The van der Waals surface area contributed by atoms with Gasteiger partial charge >= 0.3 is 7.12 Å². The Morgan fingerprint density at radius 1 is 1.08 bits per heavy atom. The minimum absolute atomic E-state index is 0.0235. The number of carbonyl (C=O) groups is 1. The first-order valence-corrected chi connectivity index (χ1v) is 8.90. The Bertz CT molecular complexity index is 624. The summed E-state index contributed by atoms with van der Waals surface area (Å²) in [5, 5.41) is 2.90. The molecule has 0 radical (unpaired) electrons. The quantitative estimate of drug-likeness (QED) is 0.832. The molecule has 1 heterocycles. The van der Waals surface area contributed by atoms with Crippen molar-refractivity contribution in [2.45, 2.75) is 78.7 Å². The van der Waals surface area contributed by atoms with Gasteiger partial charge in [0, 0.05) is 17.1 Å². The molecule has 1 aromatic carbocycles. The van der Waals surface area contributed by atoms with Crippen molar-refractivity contribution in [3.8, 4) is 5.75 Å². The summed E-state index contributed by atoms with van der Waals surface area (Å²) in [4.78, 5) is 12.3. The Labute approximate surface area is 151 Å². The average Bonchev–Trinajstić information content (AvgIpc) is 2.65. The van der Waals surface area contributed by atoms with Gasteiger partial charge in [-0.3, -0.25) is 4.79 Å². The maximum absolute atomic E-state index is 12.3. The van der Waals surface area contributed by atoms with Gasteiger partial charge in [0.1, 0.15) is 5.75 Å². The van der Waals surface area contributed by atoms with E-state index < -0.39 is 18.3 Å². The molecule has 2 rings (SSSR count). The number of hydrogen-bond donors (Lipinski definition) is 1. The van der Waals surface area contributed by atoms with Gasteiger partial charge in [0.2, 0.25) is 0 Å². The molecule has 5 nitrogen and oxygen atoms in total. The first kappa shape index (κ1) is 19.8. The SMILES string of the molecule is CC(C)NC(=O)c1ccc(B2OC(C)(C)C(C)(C)O2)c(OC(C)C)c1. The van der Waals surface area contributed by atoms with Gasteiger partial charge in [-0.1, -0.05) is 6.07 Å². The number of benzene rings is 1. The van der Waals surface area contributed by atoms with Crippen molar-refractivity contribution < 1.29 is 18.8 Å². The van der Waals surface area contributed by atoms with Crippen LogP contribution in [0.15, 0.2) is 18.2 Å². The predicted octanol–water partition coefficient (Wildman–Crippen LogP) is 2.91. The summed E-state index contributed by atoms with van der Waals surface area (Å²) >= 11 is 0. The third-order valence-electron chi connectivity index (χ3n) is 4.57. The minimum atomic E-state index is -0.527. The summed E-state index contributed by atoms with van der Waals surface area (Å²) in [6.45, 7) is 15.8. The van der Waals surface area contributed by atoms with Crippen molar-refractivity contribution in [2.24, 2.45) is 0 Å². The molecule has 0 aliphatic carbocycles. The number of nitrogens with one attached hydrogen (secondary N) is 1. The smallest absolute Gasteiger partial charge is 0.491 e. The fourth-order valence-corrected chi connectivity index (χ4v) is 2.54. The molecule has 0 spiro atoms. The topological polar surface area (TPSA) is 56.8 Å². The summed E-state index contributed by atoms with van der Waals surface area (Å²) in [5.41, 5.74) is 0.499. The molecule has 0 atom stereocenters. The fraction of sp³-hybridized carbons (Fsp3) is 0.632. The van der Waals surface area contributed by atoms with Gasteiger partial charge in [-0.2, -0.15) is 0 Å². The van der Waals surface area contributed by atoms with Gasteiger partial charge in [0.05, 0.1) is 17.3 Å². The molecular weight excluding hydrogens is 317 g/mol. The van der Waals surface area contributed by atoms with E-state index in [4.69, 9.17) is 14.0 Å². The van der Waals surface area contributed by atoms with Crippen LogP contribution in [0.1, 0.15) is 65.7 Å². The number of hydrogen-bond acceptors (Lipinski definition) is 4. The van der Waals surface area contributed by atoms with E-state index in [0.29, 0.717) is 11.3 Å². The van der Waals surface area contributed by atoms with Crippen LogP contribution in [0.4, 0.5) is 0 Å². The van der Waals surface area contributed by atoms with Crippen LogP contribution in [-0.2, 0) is 9.31 Å². The van der Waals surface area contributed by atoms with E-state index in [1.807, 2.05) is 61.5 Å². The van der Waals surface area contributed by atoms with Gasteiger partial charge in [0.15, 0.2) is 0 Å². The van der Waals surface area contributed by atoms with Gasteiger partial charge in [-0.15, -0.1) is 0 Å². The first-order chi connectivity index (χ1) is 11.4. The molecule has 1 N–H and O–H groups in total. The highest BCUT2D eigenvalue weighted by atomic mass is 16.7. The van der Waals surface area contributed by atoms with Crippen LogP contribution in [0, 0.1) is 0 Å². The maximum atomic E-state index is 12.3. The van der Waals surface area contributed by atoms with E-state index in [1.165, 1.54) is 0 Å². The van der Waals surface area contributed by atoms with Gasteiger partial charge in [-0.05, 0) is 67.5 Å². The monoisotopic (exact) mass is 347 g/mol. The molecule has 1 aliphatic heterocycles. The largest absolute Gasteiger partial charge is 0.498 e. The Morgan fingerprint density at radius 2 is 1.64 bits per heavy atom. The van der Waals surface area contributed by atoms with E-state index >= 15 is 0 Å². The van der Waals surface area contributed by atoms with Crippen LogP contribution < -0.4 is 15.5 Å². The summed E-state index contributed by atoms with van der Waals surface area (Å²) in [6, 6.07) is 5.48. The van der Waals surface area contributed by atoms with E-state index in [0.717, 1.165) is 5.46 Å². The zero-order chi connectivity index (χ0) is 19.0. The first-order valence-electron chi connectivity index (χ1n) is 8.90. The lowest BCUT2D eigenvalue weighted by atomic mass is 9.78. The van der Waals surface area contributed by atoms with Crippen molar-refractivity contribution in [2.75, 3.05) is 0 Å². The molecule has 1 amide bonds. The van der Waals surface area contributed by atoms with Crippen LogP contribution in [0.3, 0.4) is 0 Å².